The van der Waals surface area contributed by atoms with Gasteiger partial charge < -0.3 is 40.4 Å². The van der Waals surface area contributed by atoms with Crippen molar-refractivity contribution in [2.75, 3.05) is 51.8 Å². The van der Waals surface area contributed by atoms with Crippen LogP contribution in [0.4, 0.5) is 10.5 Å². The van der Waals surface area contributed by atoms with E-state index in [1.54, 1.807) is 39.0 Å². The number of carbonyl (C=O) groups excluding carboxylic acids is 5. The molecule has 3 aliphatic rings. The Morgan fingerprint density at radius 2 is 1.89 bits per heavy atom. The van der Waals surface area contributed by atoms with Crippen LogP contribution in [0.5, 0.6) is 0 Å². The molecule has 2 heterocycles. The van der Waals surface area contributed by atoms with Crippen LogP contribution in [0.1, 0.15) is 75.2 Å². The largest absolute Gasteiger partial charge is 0.444 e. The summed E-state index contributed by atoms with van der Waals surface area (Å²) in [7, 11) is 1.51. The number of rotatable bonds is 14. The normalized spacial score (nSPS) is 18.6. The van der Waals surface area contributed by atoms with Gasteiger partial charge in [0.15, 0.2) is 0 Å². The van der Waals surface area contributed by atoms with Crippen molar-refractivity contribution < 1.29 is 33.4 Å². The van der Waals surface area contributed by atoms with Gasteiger partial charge in [-0.05, 0) is 78.1 Å². The summed E-state index contributed by atoms with van der Waals surface area (Å²) in [5.74, 6) is -0.930. The summed E-state index contributed by atoms with van der Waals surface area (Å²) in [6.45, 7) is 9.03. The highest BCUT2D eigenvalue weighted by atomic mass is 16.6. The standard InChI is InChI=1S/C32H48N6O7/c1-31(2,3)45-30(43)38(17-19-44-18-16-36-14-10-22(33)11-15-36)32(12-13-32)29(42)35-26-7-5-6-24-25(26)20-37(28(24)41)23(21-39)8-9-27(40)34-4/h5-7,21-23H,8-20,33H2,1-4H3,(H,34,40)(H,35,42). The fourth-order valence-electron chi connectivity index (χ4n) is 5.84. The number of nitrogens with one attached hydrogen (secondary N) is 2. The van der Waals surface area contributed by atoms with Gasteiger partial charge in [0, 0.05) is 56.0 Å². The van der Waals surface area contributed by atoms with Gasteiger partial charge in [-0.2, -0.15) is 0 Å². The number of nitrogens with two attached hydrogens (primary N) is 1. The molecule has 1 aromatic carbocycles. The van der Waals surface area contributed by atoms with Crippen LogP contribution in [-0.2, 0) is 30.4 Å². The molecule has 4 amide bonds. The van der Waals surface area contributed by atoms with E-state index in [2.05, 4.69) is 15.5 Å². The molecule has 1 unspecified atom stereocenters. The SMILES string of the molecule is CNC(=O)CCC(C=O)N1Cc2c(NC(=O)C3(N(CCOCCN4CCC(N)CC4)C(=O)OC(C)(C)C)CC3)cccc2C1=O. The van der Waals surface area contributed by atoms with Gasteiger partial charge in [0.25, 0.3) is 5.91 Å². The third-order valence-electron chi connectivity index (χ3n) is 8.67. The first-order valence-electron chi connectivity index (χ1n) is 15.8. The molecule has 2 aliphatic heterocycles. The van der Waals surface area contributed by atoms with Crippen molar-refractivity contribution in [2.45, 2.75) is 89.1 Å². The third kappa shape index (κ3) is 8.59. The van der Waals surface area contributed by atoms with Crippen LogP contribution in [0, 0.1) is 0 Å². The van der Waals surface area contributed by atoms with Crippen LogP contribution in [0.25, 0.3) is 0 Å². The first-order valence-corrected chi connectivity index (χ1v) is 15.8. The number of likely N-dealkylation sites (tertiary alicyclic amines) is 1. The Morgan fingerprint density at radius 3 is 2.51 bits per heavy atom. The van der Waals surface area contributed by atoms with Gasteiger partial charge in [-0.25, -0.2) is 4.79 Å². The fraction of sp³-hybridized carbons (Fsp3) is 0.656. The topological polar surface area (TPSA) is 164 Å². The molecule has 13 heteroatoms. The number of carbonyl (C=O) groups is 5. The highest BCUT2D eigenvalue weighted by Gasteiger charge is 2.57. The van der Waals surface area contributed by atoms with Gasteiger partial charge in [-0.3, -0.25) is 19.3 Å². The minimum atomic E-state index is -1.11. The Balaban J connectivity index is 1.43. The van der Waals surface area contributed by atoms with E-state index in [1.165, 1.54) is 16.8 Å². The molecule has 2 fully saturated rings. The van der Waals surface area contributed by atoms with Gasteiger partial charge in [0.1, 0.15) is 17.4 Å². The summed E-state index contributed by atoms with van der Waals surface area (Å²) >= 11 is 0. The Hall–Kier alpha value is -3.55. The average molecular weight is 629 g/mol. The Kier molecular flexibility index (Phi) is 11.2. The second-order valence-electron chi connectivity index (χ2n) is 13.1. The molecule has 13 nitrogen and oxygen atoms in total. The fourth-order valence-corrected chi connectivity index (χ4v) is 5.84. The summed E-state index contributed by atoms with van der Waals surface area (Å²) in [5, 5.41) is 5.49. The number of nitrogens with zero attached hydrogens (tertiary/aromatic N) is 3. The summed E-state index contributed by atoms with van der Waals surface area (Å²) in [4.78, 5) is 69.3. The van der Waals surface area contributed by atoms with Crippen LogP contribution < -0.4 is 16.4 Å². The molecule has 1 aromatic rings. The van der Waals surface area contributed by atoms with Crippen molar-refractivity contribution >= 4 is 35.8 Å². The van der Waals surface area contributed by atoms with Crippen molar-refractivity contribution in [3.05, 3.63) is 29.3 Å². The molecule has 248 valence electrons. The predicted octanol–water partition coefficient (Wildman–Crippen LogP) is 1.88. The number of anilines is 1. The Bertz CT molecular complexity index is 1250. The van der Waals surface area contributed by atoms with E-state index in [9.17, 15) is 24.0 Å². The van der Waals surface area contributed by atoms with E-state index in [-0.39, 0.29) is 56.3 Å². The highest BCUT2D eigenvalue weighted by Crippen LogP contribution is 2.44. The molecule has 0 radical (unpaired) electrons. The quantitative estimate of drug-likeness (QED) is 0.206. The number of amides is 4. The smallest absolute Gasteiger partial charge is 0.411 e. The van der Waals surface area contributed by atoms with Crippen molar-refractivity contribution in [3.8, 4) is 0 Å². The van der Waals surface area contributed by atoms with E-state index in [1.807, 2.05) is 0 Å². The maximum atomic E-state index is 13.9. The lowest BCUT2D eigenvalue weighted by Crippen LogP contribution is -2.52. The molecule has 1 saturated heterocycles. The molecule has 0 aromatic heterocycles. The monoisotopic (exact) mass is 628 g/mol. The lowest BCUT2D eigenvalue weighted by Gasteiger charge is -2.33. The summed E-state index contributed by atoms with van der Waals surface area (Å²) in [6.07, 6.45) is 3.22. The zero-order valence-electron chi connectivity index (χ0n) is 26.9. The van der Waals surface area contributed by atoms with Crippen molar-refractivity contribution in [2.24, 2.45) is 5.73 Å². The molecule has 0 bridgehead atoms. The van der Waals surface area contributed by atoms with Crippen molar-refractivity contribution in [1.29, 1.82) is 0 Å². The molecule has 0 spiro atoms. The van der Waals surface area contributed by atoms with Crippen molar-refractivity contribution in [3.63, 3.8) is 0 Å². The number of benzene rings is 1. The second-order valence-corrected chi connectivity index (χ2v) is 13.1. The number of hydrogen-bond acceptors (Lipinski definition) is 9. The summed E-state index contributed by atoms with van der Waals surface area (Å²) in [5.41, 5.74) is 5.55. The first-order chi connectivity index (χ1) is 21.4. The zero-order chi connectivity index (χ0) is 32.8. The van der Waals surface area contributed by atoms with Gasteiger partial charge in [0.05, 0.1) is 19.3 Å². The van der Waals surface area contributed by atoms with Gasteiger partial charge >= 0.3 is 6.09 Å². The Labute approximate surface area is 265 Å². The molecule has 4 N–H and O–H groups in total. The molecular weight excluding hydrogens is 580 g/mol. The zero-order valence-corrected chi connectivity index (χ0v) is 26.9. The predicted molar refractivity (Wildman–Crippen MR) is 167 cm³/mol. The minimum absolute atomic E-state index is 0.101. The van der Waals surface area contributed by atoms with E-state index < -0.39 is 23.3 Å². The van der Waals surface area contributed by atoms with E-state index in [0.717, 1.165) is 32.5 Å². The van der Waals surface area contributed by atoms with Crippen molar-refractivity contribution in [1.82, 2.24) is 20.0 Å². The summed E-state index contributed by atoms with van der Waals surface area (Å²) < 4.78 is 11.6. The first kappa shape index (κ1) is 34.3. The lowest BCUT2D eigenvalue weighted by molar-refractivity contribution is -0.123. The van der Waals surface area contributed by atoms with Gasteiger partial charge in [-0.15, -0.1) is 0 Å². The Morgan fingerprint density at radius 1 is 1.18 bits per heavy atom. The van der Waals surface area contributed by atoms with E-state index in [4.69, 9.17) is 15.2 Å². The maximum absolute atomic E-state index is 13.9. The van der Waals surface area contributed by atoms with Crippen LogP contribution in [-0.4, -0.2) is 114 Å². The van der Waals surface area contributed by atoms with Crippen LogP contribution in [0.3, 0.4) is 0 Å². The molecule has 1 saturated carbocycles. The minimum Gasteiger partial charge on any atom is -0.444 e. The van der Waals surface area contributed by atoms with Crippen LogP contribution in [0.2, 0.25) is 0 Å². The molecule has 45 heavy (non-hydrogen) atoms. The van der Waals surface area contributed by atoms with E-state index >= 15 is 0 Å². The number of hydrogen-bond donors (Lipinski definition) is 3. The average Bonchev–Trinajstić information content (AvgIpc) is 3.73. The number of fused-ring (bicyclic) bond motifs is 1. The number of piperidine rings is 1. The maximum Gasteiger partial charge on any atom is 0.411 e. The highest BCUT2D eigenvalue weighted by molar-refractivity contribution is 6.06. The van der Waals surface area contributed by atoms with E-state index in [0.29, 0.717) is 42.5 Å². The van der Waals surface area contributed by atoms with Crippen LogP contribution >= 0.6 is 0 Å². The number of ether oxygens (including phenoxy) is 2. The molecule has 4 rings (SSSR count). The molecule has 1 aliphatic carbocycles. The lowest BCUT2D eigenvalue weighted by atomic mass is 10.1. The number of aldehydes is 1. The molecular formula is C32H48N6O7. The van der Waals surface area contributed by atoms with Crippen LogP contribution in [0.15, 0.2) is 18.2 Å². The second kappa shape index (κ2) is 14.7. The van der Waals surface area contributed by atoms with Gasteiger partial charge in [-0.1, -0.05) is 6.07 Å². The molecule has 1 atom stereocenters. The van der Waals surface area contributed by atoms with Gasteiger partial charge in [0.2, 0.25) is 11.8 Å². The summed E-state index contributed by atoms with van der Waals surface area (Å²) in [6, 6.07) is 4.51. The third-order valence-corrected chi connectivity index (χ3v) is 8.67.